The van der Waals surface area contributed by atoms with Crippen LogP contribution in [0.3, 0.4) is 0 Å². The molecule has 0 atom stereocenters. The van der Waals surface area contributed by atoms with Gasteiger partial charge in [-0.15, -0.1) is 0 Å². The maximum Gasteiger partial charge on any atom is 0.195 e. The summed E-state index contributed by atoms with van der Waals surface area (Å²) < 4.78 is 0. The Kier molecular flexibility index (Phi) is 3.17. The topological polar surface area (TPSA) is 17.1 Å². The normalized spacial score (nSPS) is 11.0. The second kappa shape index (κ2) is 4.44. The predicted molar refractivity (Wildman–Crippen MR) is 68.5 cm³/mol. The lowest BCUT2D eigenvalue weighted by molar-refractivity contribution is 0.101. The minimum absolute atomic E-state index is 0.259. The number of alkyl halides is 2. The molecule has 0 aromatic heterocycles. The van der Waals surface area contributed by atoms with Crippen LogP contribution in [0.25, 0.3) is 10.8 Å². The zero-order chi connectivity index (χ0) is 11.7. The third-order valence-electron chi connectivity index (χ3n) is 2.48. The Labute approximate surface area is 104 Å². The first-order chi connectivity index (χ1) is 7.58. The van der Waals surface area contributed by atoms with E-state index in [1.165, 1.54) is 5.56 Å². The summed E-state index contributed by atoms with van der Waals surface area (Å²) in [6, 6.07) is 11.5. The average molecular weight is 253 g/mol. The molecule has 16 heavy (non-hydrogen) atoms. The molecule has 0 unspecified atom stereocenters. The number of halogens is 2. The number of fused-ring (bicyclic) bond motifs is 1. The van der Waals surface area contributed by atoms with Crippen molar-refractivity contribution in [3.63, 3.8) is 0 Å². The number of hydrogen-bond acceptors (Lipinski definition) is 1. The quantitative estimate of drug-likeness (QED) is 0.580. The van der Waals surface area contributed by atoms with E-state index < -0.39 is 4.84 Å². The Bertz CT molecular complexity index is 547. The van der Waals surface area contributed by atoms with Crippen LogP contribution in [-0.4, -0.2) is 10.6 Å². The number of aryl methyl sites for hydroxylation is 1. The molecule has 3 heteroatoms. The van der Waals surface area contributed by atoms with E-state index in [2.05, 4.69) is 6.07 Å². The molecular weight excluding hydrogens is 243 g/mol. The van der Waals surface area contributed by atoms with Gasteiger partial charge in [0.05, 0.1) is 0 Å². The number of benzene rings is 2. The van der Waals surface area contributed by atoms with Crippen molar-refractivity contribution in [2.75, 3.05) is 0 Å². The lowest BCUT2D eigenvalue weighted by Crippen LogP contribution is -2.07. The van der Waals surface area contributed by atoms with Crippen molar-refractivity contribution in [3.8, 4) is 0 Å². The number of hydrogen-bond donors (Lipinski definition) is 0. The van der Waals surface area contributed by atoms with E-state index in [9.17, 15) is 4.79 Å². The lowest BCUT2D eigenvalue weighted by atomic mass is 10.0. The van der Waals surface area contributed by atoms with Crippen molar-refractivity contribution in [3.05, 3.63) is 47.5 Å². The van der Waals surface area contributed by atoms with Crippen molar-refractivity contribution in [1.29, 1.82) is 0 Å². The maximum atomic E-state index is 11.6. The molecule has 0 aliphatic heterocycles. The van der Waals surface area contributed by atoms with E-state index in [1.807, 2.05) is 31.2 Å². The van der Waals surface area contributed by atoms with E-state index >= 15 is 0 Å². The molecule has 2 rings (SSSR count). The summed E-state index contributed by atoms with van der Waals surface area (Å²) in [4.78, 5) is 10.6. The van der Waals surface area contributed by atoms with E-state index in [1.54, 1.807) is 6.07 Å². The predicted octanol–water partition coefficient (Wildman–Crippen LogP) is 4.13. The van der Waals surface area contributed by atoms with Gasteiger partial charge in [0, 0.05) is 5.56 Å². The summed E-state index contributed by atoms with van der Waals surface area (Å²) in [5.41, 5.74) is 1.74. The molecule has 0 fully saturated rings. The van der Waals surface area contributed by atoms with Crippen LogP contribution in [0.15, 0.2) is 36.4 Å². The van der Waals surface area contributed by atoms with Crippen LogP contribution in [0.5, 0.6) is 0 Å². The zero-order valence-electron chi connectivity index (χ0n) is 8.71. The van der Waals surface area contributed by atoms with Gasteiger partial charge in [0.25, 0.3) is 0 Å². The van der Waals surface area contributed by atoms with E-state index in [-0.39, 0.29) is 5.78 Å². The van der Waals surface area contributed by atoms with Crippen molar-refractivity contribution < 1.29 is 4.79 Å². The molecule has 0 aliphatic carbocycles. The third kappa shape index (κ3) is 2.21. The Balaban J connectivity index is 2.52. The summed E-state index contributed by atoms with van der Waals surface area (Å²) in [7, 11) is 0. The fraction of sp³-hybridized carbons (Fsp3) is 0.154. The van der Waals surface area contributed by atoms with E-state index in [0.29, 0.717) is 5.56 Å². The average Bonchev–Trinajstić information content (AvgIpc) is 2.27. The Morgan fingerprint density at radius 3 is 2.38 bits per heavy atom. The Morgan fingerprint density at radius 1 is 1.06 bits per heavy atom. The second-order valence-corrected chi connectivity index (χ2v) is 4.83. The van der Waals surface area contributed by atoms with Gasteiger partial charge in [-0.05, 0) is 23.8 Å². The largest absolute Gasteiger partial charge is 0.291 e. The van der Waals surface area contributed by atoms with Gasteiger partial charge in [-0.25, -0.2) is 0 Å². The van der Waals surface area contributed by atoms with Gasteiger partial charge < -0.3 is 0 Å². The highest BCUT2D eigenvalue weighted by atomic mass is 35.5. The molecule has 0 bridgehead atoms. The molecule has 0 spiro atoms. The number of carbonyl (C=O) groups is 1. The van der Waals surface area contributed by atoms with E-state index in [0.717, 1.165) is 10.8 Å². The fourth-order valence-electron chi connectivity index (χ4n) is 1.64. The first-order valence-electron chi connectivity index (χ1n) is 4.91. The van der Waals surface area contributed by atoms with Crippen molar-refractivity contribution in [2.45, 2.75) is 11.8 Å². The summed E-state index contributed by atoms with van der Waals surface area (Å²) >= 11 is 11.1. The summed E-state index contributed by atoms with van der Waals surface area (Å²) in [5, 5.41) is 2.13. The fourth-order valence-corrected chi connectivity index (χ4v) is 1.90. The number of ketones is 1. The molecule has 0 aliphatic rings. The number of carbonyl (C=O) groups excluding carboxylic acids is 1. The number of rotatable bonds is 2. The van der Waals surface area contributed by atoms with Crippen LogP contribution in [0.1, 0.15) is 15.9 Å². The summed E-state index contributed by atoms with van der Waals surface area (Å²) in [6.07, 6.45) is 0. The van der Waals surface area contributed by atoms with Crippen LogP contribution < -0.4 is 0 Å². The minimum Gasteiger partial charge on any atom is -0.291 e. The second-order valence-electron chi connectivity index (χ2n) is 3.73. The molecule has 0 saturated carbocycles. The highest BCUT2D eigenvalue weighted by Crippen LogP contribution is 2.20. The van der Waals surface area contributed by atoms with Crippen molar-refractivity contribution in [1.82, 2.24) is 0 Å². The van der Waals surface area contributed by atoms with Crippen LogP contribution in [0.2, 0.25) is 0 Å². The number of Topliss-reactive ketones (excluding diaryl/α,β-unsaturated/α-hetero) is 1. The Morgan fingerprint density at radius 2 is 1.69 bits per heavy atom. The molecule has 0 N–H and O–H groups in total. The molecule has 0 amide bonds. The van der Waals surface area contributed by atoms with Gasteiger partial charge in [0.2, 0.25) is 0 Å². The molecule has 1 nitrogen and oxygen atoms in total. The summed E-state index contributed by atoms with van der Waals surface area (Å²) in [6.45, 7) is 2.03. The van der Waals surface area contributed by atoms with Gasteiger partial charge >= 0.3 is 0 Å². The highest BCUT2D eigenvalue weighted by molar-refractivity contribution is 6.55. The Hall–Kier alpha value is -1.05. The maximum absolute atomic E-state index is 11.6. The third-order valence-corrected chi connectivity index (χ3v) is 2.87. The first kappa shape index (κ1) is 11.4. The molecule has 0 heterocycles. The van der Waals surface area contributed by atoms with Gasteiger partial charge in [0.15, 0.2) is 10.6 Å². The van der Waals surface area contributed by atoms with Gasteiger partial charge in [-0.3, -0.25) is 4.79 Å². The van der Waals surface area contributed by atoms with Crippen LogP contribution in [0.4, 0.5) is 0 Å². The SMILES string of the molecule is Cc1ccc2cc(C(=O)C(Cl)Cl)ccc2c1. The van der Waals surface area contributed by atoms with Crippen molar-refractivity contribution >= 4 is 39.8 Å². The molecule has 0 radical (unpaired) electrons. The summed E-state index contributed by atoms with van der Waals surface area (Å²) in [5.74, 6) is -0.259. The van der Waals surface area contributed by atoms with Crippen LogP contribution in [0, 0.1) is 6.92 Å². The monoisotopic (exact) mass is 252 g/mol. The van der Waals surface area contributed by atoms with Crippen LogP contribution >= 0.6 is 23.2 Å². The molecule has 82 valence electrons. The molecule has 2 aromatic rings. The van der Waals surface area contributed by atoms with Gasteiger partial charge in [-0.1, -0.05) is 59.1 Å². The standard InChI is InChI=1S/C13H10Cl2O/c1-8-2-3-10-7-11(12(16)13(14)15)5-4-9(10)6-8/h2-7,13H,1H3. The van der Waals surface area contributed by atoms with E-state index in [4.69, 9.17) is 23.2 Å². The van der Waals surface area contributed by atoms with Gasteiger partial charge in [-0.2, -0.15) is 0 Å². The lowest BCUT2D eigenvalue weighted by Gasteiger charge is -2.04. The highest BCUT2D eigenvalue weighted by Gasteiger charge is 2.14. The van der Waals surface area contributed by atoms with Crippen LogP contribution in [-0.2, 0) is 0 Å². The zero-order valence-corrected chi connectivity index (χ0v) is 10.2. The molecular formula is C13H10Cl2O. The minimum atomic E-state index is -0.997. The van der Waals surface area contributed by atoms with Crippen molar-refractivity contribution in [2.24, 2.45) is 0 Å². The molecule has 0 saturated heterocycles. The van der Waals surface area contributed by atoms with Gasteiger partial charge in [0.1, 0.15) is 0 Å². The molecule has 2 aromatic carbocycles. The first-order valence-corrected chi connectivity index (χ1v) is 5.78. The smallest absolute Gasteiger partial charge is 0.195 e.